The van der Waals surface area contributed by atoms with Crippen LogP contribution in [-0.2, 0) is 40.7 Å². The van der Waals surface area contributed by atoms with Crippen molar-refractivity contribution >= 4 is 45.9 Å². The van der Waals surface area contributed by atoms with Crippen molar-refractivity contribution in [2.45, 2.75) is 71.3 Å². The van der Waals surface area contributed by atoms with E-state index in [0.29, 0.717) is 37.1 Å². The van der Waals surface area contributed by atoms with Gasteiger partial charge in [0, 0.05) is 61.5 Å². The van der Waals surface area contributed by atoms with Crippen LogP contribution in [0.25, 0.3) is 22.0 Å². The first kappa shape index (κ1) is 37.4. The molecule has 0 spiro atoms. The number of halogens is 2. The largest absolute Gasteiger partial charge is 0.773 e. The molecule has 0 saturated heterocycles. The van der Waals surface area contributed by atoms with Gasteiger partial charge in [0.15, 0.2) is 11.6 Å². The highest BCUT2D eigenvalue weighted by Gasteiger charge is 2.28. The molecule has 14 heteroatoms. The quantitative estimate of drug-likeness (QED) is 0.0889. The van der Waals surface area contributed by atoms with Crippen molar-refractivity contribution in [2.24, 2.45) is 7.05 Å². The topological polar surface area (TPSA) is 152 Å². The minimum atomic E-state index is -1.86. The number of pyridine rings is 2. The Bertz CT molecular complexity index is 1870. The Morgan fingerprint density at radius 2 is 1.78 bits per heavy atom. The molecule has 5 rings (SSSR count). The lowest BCUT2D eigenvalue weighted by Gasteiger charge is -2.26. The number of unbranched alkanes of at least 4 members (excludes halogenated alkanes) is 5. The number of anilines is 2. The Morgan fingerprint density at radius 3 is 2.45 bits per heavy atom. The molecule has 0 bridgehead atoms. The number of carbonyl (C=O) groups is 2. The summed E-state index contributed by atoms with van der Waals surface area (Å²) in [7, 11) is 1.70. The molecule has 1 aliphatic heterocycles. The summed E-state index contributed by atoms with van der Waals surface area (Å²) in [6, 6.07) is 4.90. The van der Waals surface area contributed by atoms with Crippen molar-refractivity contribution in [1.29, 1.82) is 0 Å². The molecule has 11 nitrogen and oxygen atoms in total. The molecule has 4 heterocycles. The summed E-state index contributed by atoms with van der Waals surface area (Å²) < 4.78 is 48.5. The zero-order chi connectivity index (χ0) is 35.7. The van der Waals surface area contributed by atoms with Gasteiger partial charge in [-0.2, -0.15) is 0 Å². The maximum Gasteiger partial charge on any atom is 0.303 e. The molecule has 264 valence electrons. The highest BCUT2D eigenvalue weighted by molar-refractivity contribution is 7.78. The van der Waals surface area contributed by atoms with Crippen LogP contribution in [0.3, 0.4) is 0 Å². The molecule has 1 atom stereocenters. The average molecular weight is 699 g/mol. The van der Waals surface area contributed by atoms with Gasteiger partial charge in [-0.1, -0.05) is 36.8 Å². The van der Waals surface area contributed by atoms with Gasteiger partial charge in [0.2, 0.25) is 6.41 Å². The minimum absolute atomic E-state index is 0.000522. The van der Waals surface area contributed by atoms with Gasteiger partial charge in [-0.3, -0.25) is 18.6 Å². The van der Waals surface area contributed by atoms with Crippen molar-refractivity contribution in [1.82, 2.24) is 19.4 Å². The number of aromatic amines is 1. The fraction of sp³-hybridized carbons (Fsp3) is 0.429. The second-order valence-electron chi connectivity index (χ2n) is 12.3. The van der Waals surface area contributed by atoms with E-state index < -0.39 is 28.7 Å². The van der Waals surface area contributed by atoms with E-state index in [1.807, 2.05) is 13.0 Å². The van der Waals surface area contributed by atoms with Gasteiger partial charge < -0.3 is 29.0 Å². The van der Waals surface area contributed by atoms with Gasteiger partial charge in [-0.05, 0) is 67.7 Å². The number of aliphatic carboxylic acids is 1. The third kappa shape index (κ3) is 9.60. The van der Waals surface area contributed by atoms with Gasteiger partial charge >= 0.3 is 5.97 Å². The maximum atomic E-state index is 15.1. The highest BCUT2D eigenvalue weighted by atomic mass is 32.2. The third-order valence-electron chi connectivity index (χ3n) is 8.62. The van der Waals surface area contributed by atoms with Crippen molar-refractivity contribution in [3.63, 3.8) is 0 Å². The fourth-order valence-corrected chi connectivity index (χ4v) is 6.25. The van der Waals surface area contributed by atoms with Crippen LogP contribution in [0.5, 0.6) is 0 Å². The number of carboxylic acid groups (broad SMARTS) is 1. The van der Waals surface area contributed by atoms with E-state index in [0.717, 1.165) is 96.7 Å². The molecule has 0 radical (unpaired) electrons. The number of hydrogen-bond donors (Lipinski definition) is 2. The summed E-state index contributed by atoms with van der Waals surface area (Å²) in [5.74, 6) is -2.29. The van der Waals surface area contributed by atoms with E-state index in [1.165, 1.54) is 4.57 Å². The fourth-order valence-electron chi connectivity index (χ4n) is 6.25. The van der Waals surface area contributed by atoms with E-state index in [2.05, 4.69) is 16.0 Å². The number of carboxylic acids is 1. The standard InChI is InChI=1S/C34H39F2N5O4.CH4O2S/c1-22-14-29-26(15-23(22)10-9-13-40(21-42)12-8-6-4-3-5-7-11-30(43)44)27-20-39(2)34(45)32-31(27)24(17-37-32)19-41(29)33-28(36)16-25(35)18-38-33;1-4(2)3/h14-18,20-21,37H,3-13,19H2,1-2H3,(H,43,44);1H3,(H,2,3)/p-1. The molecule has 0 saturated carbocycles. The van der Waals surface area contributed by atoms with E-state index in [9.17, 15) is 18.8 Å². The summed E-state index contributed by atoms with van der Waals surface area (Å²) in [5, 5.41) is 9.51. The molecule has 0 fully saturated rings. The number of aromatic nitrogens is 3. The highest BCUT2D eigenvalue weighted by Crippen LogP contribution is 2.44. The van der Waals surface area contributed by atoms with Crippen LogP contribution in [0.4, 0.5) is 20.3 Å². The number of H-pyrrole nitrogens is 1. The number of aryl methyl sites for hydroxylation is 3. The summed E-state index contributed by atoms with van der Waals surface area (Å²) >= 11 is -1.86. The summed E-state index contributed by atoms with van der Waals surface area (Å²) in [5.41, 5.74) is 5.54. The van der Waals surface area contributed by atoms with Crippen LogP contribution < -0.4 is 10.5 Å². The number of benzene rings is 1. The van der Waals surface area contributed by atoms with E-state index in [-0.39, 0.29) is 24.3 Å². The Kier molecular flexibility index (Phi) is 13.2. The predicted octanol–water partition coefficient (Wildman–Crippen LogP) is 5.87. The lowest BCUT2D eigenvalue weighted by Crippen LogP contribution is -2.24. The van der Waals surface area contributed by atoms with Gasteiger partial charge in [-0.15, -0.1) is 0 Å². The van der Waals surface area contributed by atoms with Crippen LogP contribution in [0.1, 0.15) is 68.1 Å². The van der Waals surface area contributed by atoms with E-state index >= 15 is 4.39 Å². The minimum Gasteiger partial charge on any atom is -0.773 e. The lowest BCUT2D eigenvalue weighted by molar-refractivity contribution is -0.137. The Hall–Kier alpha value is -4.43. The smallest absolute Gasteiger partial charge is 0.303 e. The zero-order valence-corrected chi connectivity index (χ0v) is 28.8. The number of carbonyl (C=O) groups excluding carboxylic acids is 1. The van der Waals surface area contributed by atoms with Crippen molar-refractivity contribution in [3.05, 3.63) is 75.5 Å². The first-order chi connectivity index (χ1) is 23.4. The van der Waals surface area contributed by atoms with Gasteiger partial charge in [0.1, 0.15) is 11.3 Å². The number of rotatable bonds is 15. The average Bonchev–Trinajstić information content (AvgIpc) is 3.41. The van der Waals surface area contributed by atoms with Crippen molar-refractivity contribution in [3.8, 4) is 11.1 Å². The van der Waals surface area contributed by atoms with E-state index in [1.54, 1.807) is 29.2 Å². The summed E-state index contributed by atoms with van der Waals surface area (Å²) in [6.07, 6.45) is 13.8. The molecule has 4 aromatic rings. The van der Waals surface area contributed by atoms with Gasteiger partial charge in [0.05, 0.1) is 18.4 Å². The maximum absolute atomic E-state index is 15.1. The van der Waals surface area contributed by atoms with Crippen LogP contribution in [-0.4, -0.2) is 65.0 Å². The molecule has 1 aliphatic rings. The van der Waals surface area contributed by atoms with Gasteiger partial charge in [0.25, 0.3) is 5.56 Å². The van der Waals surface area contributed by atoms with Crippen LogP contribution in [0, 0.1) is 18.6 Å². The second-order valence-corrected chi connectivity index (χ2v) is 13.1. The molecule has 3 aromatic heterocycles. The monoisotopic (exact) mass is 698 g/mol. The molecular weight excluding hydrogens is 656 g/mol. The molecule has 1 unspecified atom stereocenters. The lowest BCUT2D eigenvalue weighted by atomic mass is 9.94. The molecular formula is C35H42F2N5O6S-. The molecule has 1 aromatic carbocycles. The molecule has 2 N–H and O–H groups in total. The zero-order valence-electron chi connectivity index (χ0n) is 28.0. The summed E-state index contributed by atoms with van der Waals surface area (Å²) in [4.78, 5) is 46.1. The number of hydrogen-bond acceptors (Lipinski definition) is 7. The normalized spacial score (nSPS) is 12.6. The SMILES string of the molecule is CS(=O)[O-].Cc1cc2c(cc1CCCN(C=O)CCCCCCCCC(=O)O)-c1cn(C)c(=O)c3[nH]cc(c13)CN2c1ncc(F)cc1F. The van der Waals surface area contributed by atoms with Crippen molar-refractivity contribution < 1.29 is 32.2 Å². The third-order valence-corrected chi connectivity index (χ3v) is 8.62. The van der Waals surface area contributed by atoms with Gasteiger partial charge in [-0.25, -0.2) is 13.8 Å². The van der Waals surface area contributed by atoms with Crippen LogP contribution in [0.2, 0.25) is 0 Å². The predicted molar refractivity (Wildman–Crippen MR) is 184 cm³/mol. The molecule has 1 amide bonds. The molecule has 49 heavy (non-hydrogen) atoms. The second kappa shape index (κ2) is 17.3. The number of nitrogens with one attached hydrogen (secondary N) is 1. The Labute approximate surface area is 286 Å². The number of nitrogens with zero attached hydrogens (tertiary/aromatic N) is 4. The Balaban J connectivity index is 0.00000128. The number of fused-ring (bicyclic) bond motifs is 2. The summed E-state index contributed by atoms with van der Waals surface area (Å²) in [6.45, 7) is 3.53. The van der Waals surface area contributed by atoms with Crippen LogP contribution in [0.15, 0.2) is 41.6 Å². The first-order valence-electron chi connectivity index (χ1n) is 16.2. The van der Waals surface area contributed by atoms with E-state index in [4.69, 9.17) is 13.9 Å². The first-order valence-corrected chi connectivity index (χ1v) is 17.7. The van der Waals surface area contributed by atoms with Crippen molar-refractivity contribution in [2.75, 3.05) is 24.2 Å². The number of amides is 1. The Morgan fingerprint density at radius 1 is 1.10 bits per heavy atom. The molecule has 0 aliphatic carbocycles. The van der Waals surface area contributed by atoms with Crippen LogP contribution >= 0.6 is 0 Å².